The van der Waals surface area contributed by atoms with Gasteiger partial charge in [-0.1, -0.05) is 24.6 Å². The number of piperidine rings is 1. The first-order valence-corrected chi connectivity index (χ1v) is 15.0. The zero-order valence-electron chi connectivity index (χ0n) is 21.2. The average molecular weight is 633 g/mol. The Balaban J connectivity index is 1.41. The number of hydroxylamine groups is 2. The summed E-state index contributed by atoms with van der Waals surface area (Å²) in [6, 6.07) is 14.1. The van der Waals surface area contributed by atoms with Crippen LogP contribution in [-0.2, 0) is 17.8 Å². The highest BCUT2D eigenvalue weighted by molar-refractivity contribution is 9.13. The third-order valence-electron chi connectivity index (χ3n) is 7.29. The number of hydrogen-bond acceptors (Lipinski definition) is 5. The number of hydrogen-bond donors (Lipinski definition) is 1. The molecule has 1 N–H and O–H groups in total. The van der Waals surface area contributed by atoms with Crippen molar-refractivity contribution in [3.63, 3.8) is 0 Å². The van der Waals surface area contributed by atoms with Crippen molar-refractivity contribution in [3.8, 4) is 0 Å². The molecule has 5 rings (SSSR count). The van der Waals surface area contributed by atoms with Crippen molar-refractivity contribution in [2.24, 2.45) is 0 Å². The normalized spacial score (nSPS) is 17.8. The van der Waals surface area contributed by atoms with E-state index in [4.69, 9.17) is 9.82 Å². The van der Waals surface area contributed by atoms with Crippen LogP contribution in [0.2, 0.25) is 0 Å². The van der Waals surface area contributed by atoms with Crippen molar-refractivity contribution >= 4 is 49.0 Å². The SMILES string of the molecule is O=C(NC(Cc1ccc(Br)c(Br)c1)c1nc2ccccc2n1CCCN1CCCC1)ON1CCCCC1. The van der Waals surface area contributed by atoms with Crippen LogP contribution in [0, 0.1) is 0 Å². The van der Waals surface area contributed by atoms with E-state index in [2.05, 4.69) is 77.0 Å². The number of carbonyl (C=O) groups is 1. The summed E-state index contributed by atoms with van der Waals surface area (Å²) in [7, 11) is 0. The van der Waals surface area contributed by atoms with Crippen molar-refractivity contribution in [2.75, 3.05) is 32.7 Å². The number of imidazole rings is 1. The van der Waals surface area contributed by atoms with Gasteiger partial charge in [-0.05, 0) is 113 Å². The zero-order valence-corrected chi connectivity index (χ0v) is 24.3. The fourth-order valence-electron chi connectivity index (χ4n) is 5.41. The molecule has 0 spiro atoms. The van der Waals surface area contributed by atoms with Gasteiger partial charge in [-0.3, -0.25) is 0 Å². The second-order valence-electron chi connectivity index (χ2n) is 10.0. The van der Waals surface area contributed by atoms with E-state index in [-0.39, 0.29) is 6.04 Å². The monoisotopic (exact) mass is 631 g/mol. The van der Waals surface area contributed by atoms with Gasteiger partial charge in [0.2, 0.25) is 0 Å². The molecular formula is C28H35Br2N5O2. The van der Waals surface area contributed by atoms with E-state index in [1.54, 1.807) is 5.06 Å². The first-order chi connectivity index (χ1) is 18.1. The lowest BCUT2D eigenvalue weighted by Crippen LogP contribution is -2.39. The fraction of sp³-hybridized carbons (Fsp3) is 0.500. The first kappa shape index (κ1) is 26.7. The van der Waals surface area contributed by atoms with Gasteiger partial charge in [0, 0.05) is 35.0 Å². The topological polar surface area (TPSA) is 62.6 Å². The lowest BCUT2D eigenvalue weighted by atomic mass is 10.1. The number of rotatable bonds is 9. The van der Waals surface area contributed by atoms with E-state index in [1.807, 2.05) is 12.1 Å². The zero-order chi connectivity index (χ0) is 25.6. The highest BCUT2D eigenvalue weighted by atomic mass is 79.9. The lowest BCUT2D eigenvalue weighted by molar-refractivity contribution is -0.111. The van der Waals surface area contributed by atoms with Gasteiger partial charge < -0.3 is 19.6 Å². The molecule has 2 aliphatic rings. The van der Waals surface area contributed by atoms with Gasteiger partial charge in [0.25, 0.3) is 0 Å². The maximum absolute atomic E-state index is 13.1. The van der Waals surface area contributed by atoms with E-state index in [1.165, 1.54) is 32.4 Å². The number of aryl methyl sites for hydroxylation is 1. The standard InChI is InChI=1S/C28H35Br2N5O2/c29-22-12-11-21(19-23(22)30)20-25(32-28(36)37-34-16-4-1-5-17-34)27-31-24-9-2-3-10-26(24)35(27)18-8-15-33-13-6-7-14-33/h2-3,9-12,19,25H,1,4-8,13-18,20H2,(H,32,36). The molecular weight excluding hydrogens is 598 g/mol. The largest absolute Gasteiger partial charge is 0.426 e. The molecule has 2 saturated heterocycles. The number of aromatic nitrogens is 2. The van der Waals surface area contributed by atoms with Crippen LogP contribution in [0.3, 0.4) is 0 Å². The maximum atomic E-state index is 13.1. The summed E-state index contributed by atoms with van der Waals surface area (Å²) in [6.07, 6.45) is 7.12. The highest BCUT2D eigenvalue weighted by Crippen LogP contribution is 2.28. The number of nitrogens with zero attached hydrogens (tertiary/aromatic N) is 4. The first-order valence-electron chi connectivity index (χ1n) is 13.4. The van der Waals surface area contributed by atoms with Crippen LogP contribution in [0.25, 0.3) is 11.0 Å². The van der Waals surface area contributed by atoms with Crippen LogP contribution in [0.15, 0.2) is 51.4 Å². The molecule has 37 heavy (non-hydrogen) atoms. The molecule has 3 aromatic rings. The maximum Gasteiger partial charge on any atom is 0.426 e. The highest BCUT2D eigenvalue weighted by Gasteiger charge is 2.25. The van der Waals surface area contributed by atoms with Gasteiger partial charge in [0.15, 0.2) is 0 Å². The van der Waals surface area contributed by atoms with E-state index >= 15 is 0 Å². The Bertz CT molecular complexity index is 1200. The average Bonchev–Trinajstić information content (AvgIpc) is 3.55. The molecule has 2 fully saturated rings. The van der Waals surface area contributed by atoms with Gasteiger partial charge in [0.05, 0.1) is 17.1 Å². The van der Waals surface area contributed by atoms with Crippen molar-refractivity contribution in [1.29, 1.82) is 0 Å². The van der Waals surface area contributed by atoms with Gasteiger partial charge >= 0.3 is 6.09 Å². The van der Waals surface area contributed by atoms with Crippen LogP contribution in [-0.4, -0.2) is 58.3 Å². The third kappa shape index (κ3) is 6.93. The summed E-state index contributed by atoms with van der Waals surface area (Å²) in [6.45, 7) is 5.90. The van der Waals surface area contributed by atoms with Gasteiger partial charge in [-0.2, -0.15) is 0 Å². The van der Waals surface area contributed by atoms with Crippen LogP contribution < -0.4 is 5.32 Å². The molecule has 0 aliphatic carbocycles. The minimum absolute atomic E-state index is 0.329. The summed E-state index contributed by atoms with van der Waals surface area (Å²) in [4.78, 5) is 26.4. The number of halogens is 2. The van der Waals surface area contributed by atoms with Crippen molar-refractivity contribution < 1.29 is 9.63 Å². The van der Waals surface area contributed by atoms with Gasteiger partial charge in [0.1, 0.15) is 5.82 Å². The molecule has 2 aromatic carbocycles. The van der Waals surface area contributed by atoms with E-state index in [0.717, 1.165) is 76.8 Å². The minimum Gasteiger partial charge on any atom is -0.351 e. The molecule has 2 aliphatic heterocycles. The fourth-order valence-corrected chi connectivity index (χ4v) is 6.08. The molecule has 1 atom stereocenters. The number of carbonyl (C=O) groups excluding carboxylic acids is 1. The smallest absolute Gasteiger partial charge is 0.351 e. The summed E-state index contributed by atoms with van der Waals surface area (Å²) < 4.78 is 4.28. The van der Waals surface area contributed by atoms with E-state index in [0.29, 0.717) is 6.42 Å². The Hall–Kier alpha value is -1.94. The molecule has 0 bridgehead atoms. The Morgan fingerprint density at radius 1 is 0.946 bits per heavy atom. The minimum atomic E-state index is -0.418. The lowest BCUT2D eigenvalue weighted by Gasteiger charge is -2.26. The summed E-state index contributed by atoms with van der Waals surface area (Å²) in [5, 5.41) is 4.96. The van der Waals surface area contributed by atoms with Crippen LogP contribution in [0.5, 0.6) is 0 Å². The van der Waals surface area contributed by atoms with Crippen LogP contribution in [0.4, 0.5) is 4.79 Å². The van der Waals surface area contributed by atoms with Crippen molar-refractivity contribution in [2.45, 2.75) is 57.5 Å². The van der Waals surface area contributed by atoms with E-state index in [9.17, 15) is 4.79 Å². The summed E-state index contributed by atoms with van der Waals surface area (Å²) in [5.41, 5.74) is 3.16. The predicted octanol–water partition coefficient (Wildman–Crippen LogP) is 6.46. The molecule has 7 nitrogen and oxygen atoms in total. The van der Waals surface area contributed by atoms with Crippen molar-refractivity contribution in [1.82, 2.24) is 24.8 Å². The molecule has 198 valence electrons. The number of fused-ring (bicyclic) bond motifs is 1. The van der Waals surface area contributed by atoms with Crippen LogP contribution in [0.1, 0.15) is 56.0 Å². The molecule has 0 radical (unpaired) electrons. The molecule has 1 aromatic heterocycles. The Morgan fingerprint density at radius 2 is 1.70 bits per heavy atom. The number of amides is 1. The third-order valence-corrected chi connectivity index (χ3v) is 9.17. The second kappa shape index (κ2) is 12.7. The summed E-state index contributed by atoms with van der Waals surface area (Å²) >= 11 is 7.19. The summed E-state index contributed by atoms with van der Waals surface area (Å²) in [5.74, 6) is 0.872. The van der Waals surface area contributed by atoms with Crippen LogP contribution >= 0.6 is 31.9 Å². The Labute approximate surface area is 235 Å². The van der Waals surface area contributed by atoms with Crippen molar-refractivity contribution in [3.05, 3.63) is 62.8 Å². The Kier molecular flexibility index (Phi) is 9.18. The van der Waals surface area contributed by atoms with Gasteiger partial charge in [-0.25, -0.2) is 9.78 Å². The quantitative estimate of drug-likeness (QED) is 0.293. The Morgan fingerprint density at radius 3 is 2.49 bits per heavy atom. The molecule has 1 unspecified atom stereocenters. The van der Waals surface area contributed by atoms with Gasteiger partial charge in [-0.15, -0.1) is 5.06 Å². The van der Waals surface area contributed by atoms with E-state index < -0.39 is 6.09 Å². The molecule has 9 heteroatoms. The second-order valence-corrected chi connectivity index (χ2v) is 11.7. The molecule has 1 amide bonds. The number of benzene rings is 2. The number of nitrogens with one attached hydrogen (secondary N) is 1. The predicted molar refractivity (Wildman–Crippen MR) is 153 cm³/mol. The number of para-hydroxylation sites is 2. The molecule has 3 heterocycles. The molecule has 0 saturated carbocycles. The number of likely N-dealkylation sites (tertiary alicyclic amines) is 1.